The number of aromatic nitrogens is 2. The van der Waals surface area contributed by atoms with Gasteiger partial charge in [0.2, 0.25) is 5.91 Å². The summed E-state index contributed by atoms with van der Waals surface area (Å²) < 4.78 is 6.37. The number of carbonyl (C=O) groups excluding carboxylic acids is 1. The number of nitriles is 1. The van der Waals surface area contributed by atoms with Gasteiger partial charge in [-0.2, -0.15) is 15.2 Å². The van der Waals surface area contributed by atoms with Gasteiger partial charge in [-0.15, -0.1) is 0 Å². The first kappa shape index (κ1) is 27.0. The third-order valence-electron chi connectivity index (χ3n) is 8.77. The lowest BCUT2D eigenvalue weighted by Gasteiger charge is -2.42. The second-order valence-electron chi connectivity index (χ2n) is 11.5. The minimum absolute atomic E-state index is 0.0967. The monoisotopic (exact) mass is 551 g/mol. The van der Waals surface area contributed by atoms with E-state index in [2.05, 4.69) is 83.9 Å². The molecule has 1 saturated heterocycles. The molecule has 0 radical (unpaired) electrons. The van der Waals surface area contributed by atoms with Gasteiger partial charge < -0.3 is 24.3 Å². The van der Waals surface area contributed by atoms with Crippen LogP contribution in [0.3, 0.4) is 0 Å². The molecule has 9 nitrogen and oxygen atoms in total. The summed E-state index contributed by atoms with van der Waals surface area (Å²) in [7, 11) is 4.20. The second-order valence-corrected chi connectivity index (χ2v) is 11.5. The van der Waals surface area contributed by atoms with Crippen molar-refractivity contribution in [1.29, 1.82) is 5.26 Å². The number of amides is 1. The largest absolute Gasteiger partial charge is 0.460 e. The van der Waals surface area contributed by atoms with E-state index in [1.165, 1.54) is 22.5 Å². The number of carbonyl (C=O) groups is 1. The molecule has 0 bridgehead atoms. The maximum absolute atomic E-state index is 12.5. The van der Waals surface area contributed by atoms with Gasteiger partial charge in [-0.25, -0.2) is 0 Å². The molecule has 3 aliphatic rings. The van der Waals surface area contributed by atoms with Crippen molar-refractivity contribution in [1.82, 2.24) is 19.8 Å². The van der Waals surface area contributed by atoms with Gasteiger partial charge in [0.1, 0.15) is 11.9 Å². The molecular formula is C32H37N7O2. The second kappa shape index (κ2) is 11.4. The van der Waals surface area contributed by atoms with Crippen LogP contribution in [0, 0.1) is 11.3 Å². The standard InChI is InChI=1S/C32H37N7O2/c1-4-30(40)39-17-16-38(20-23(39)12-14-33)31-27-13-15-37(29-11-7-9-22-8-5-6-10-26(22)29)21-28(27)34-32(35-31)41-25-18-24(19-25)36(2)3/h4-11,23-25H,1,12-13,15-21H2,2-3H3/t23-,24?,25?/m0/s1. The molecule has 1 atom stereocenters. The van der Waals surface area contributed by atoms with E-state index in [1.807, 2.05) is 0 Å². The van der Waals surface area contributed by atoms with E-state index in [4.69, 9.17) is 14.7 Å². The average molecular weight is 552 g/mol. The lowest BCUT2D eigenvalue weighted by molar-refractivity contribution is -0.128. The van der Waals surface area contributed by atoms with Gasteiger partial charge in [0.05, 0.1) is 30.8 Å². The third-order valence-corrected chi connectivity index (χ3v) is 8.77. The molecule has 1 saturated carbocycles. The number of rotatable bonds is 7. The van der Waals surface area contributed by atoms with Crippen LogP contribution in [-0.2, 0) is 17.8 Å². The predicted molar refractivity (Wildman–Crippen MR) is 160 cm³/mol. The summed E-state index contributed by atoms with van der Waals surface area (Å²) in [5.41, 5.74) is 3.32. The lowest BCUT2D eigenvalue weighted by Crippen LogP contribution is -2.55. The highest BCUT2D eigenvalue weighted by molar-refractivity contribution is 5.94. The SMILES string of the molecule is C=CC(=O)N1CCN(c2nc(OC3CC(N(C)C)C3)nc3c2CCN(c2cccc4ccccc24)C3)C[C@@H]1CC#N. The minimum atomic E-state index is -0.225. The Morgan fingerprint density at radius 3 is 2.71 bits per heavy atom. The van der Waals surface area contributed by atoms with Crippen molar-refractivity contribution in [3.05, 3.63) is 66.4 Å². The van der Waals surface area contributed by atoms with Gasteiger partial charge in [-0.3, -0.25) is 4.79 Å². The van der Waals surface area contributed by atoms with Gasteiger partial charge in [0.25, 0.3) is 0 Å². The molecule has 212 valence electrons. The Bertz CT molecular complexity index is 1490. The summed E-state index contributed by atoms with van der Waals surface area (Å²) in [5.74, 6) is 0.740. The highest BCUT2D eigenvalue weighted by Crippen LogP contribution is 2.36. The van der Waals surface area contributed by atoms with Gasteiger partial charge in [-0.1, -0.05) is 43.0 Å². The number of hydrogen-bond acceptors (Lipinski definition) is 8. The number of ether oxygens (including phenoxy) is 1. The zero-order valence-corrected chi connectivity index (χ0v) is 23.9. The van der Waals surface area contributed by atoms with Crippen LogP contribution in [0.5, 0.6) is 6.01 Å². The first-order valence-electron chi connectivity index (χ1n) is 14.5. The molecule has 0 N–H and O–H groups in total. The molecule has 1 aromatic heterocycles. The van der Waals surface area contributed by atoms with Crippen LogP contribution < -0.4 is 14.5 Å². The summed E-state index contributed by atoms with van der Waals surface area (Å²) in [6.07, 6.45) is 4.40. The zero-order chi connectivity index (χ0) is 28.5. The molecule has 1 amide bonds. The van der Waals surface area contributed by atoms with Crippen molar-refractivity contribution in [2.45, 2.75) is 50.4 Å². The van der Waals surface area contributed by atoms with Crippen LogP contribution in [0.1, 0.15) is 30.5 Å². The summed E-state index contributed by atoms with van der Waals surface area (Å²) >= 11 is 0. The van der Waals surface area contributed by atoms with Crippen molar-refractivity contribution < 1.29 is 9.53 Å². The number of hydrogen-bond donors (Lipinski definition) is 0. The molecule has 6 rings (SSSR count). The summed E-state index contributed by atoms with van der Waals surface area (Å²) in [4.78, 5) is 31.1. The van der Waals surface area contributed by atoms with E-state index in [0.29, 0.717) is 38.2 Å². The van der Waals surface area contributed by atoms with Crippen LogP contribution in [0.15, 0.2) is 55.1 Å². The maximum atomic E-state index is 12.5. The summed E-state index contributed by atoms with van der Waals surface area (Å²) in [6, 6.07) is 17.9. The molecule has 2 aromatic carbocycles. The molecule has 3 heterocycles. The molecule has 1 aliphatic carbocycles. The molecule has 2 aliphatic heterocycles. The molecule has 0 spiro atoms. The van der Waals surface area contributed by atoms with Crippen LogP contribution in [0.25, 0.3) is 10.8 Å². The van der Waals surface area contributed by atoms with Gasteiger partial charge in [0.15, 0.2) is 0 Å². The molecule has 0 unspecified atom stereocenters. The van der Waals surface area contributed by atoms with Crippen LogP contribution in [0.4, 0.5) is 11.5 Å². The van der Waals surface area contributed by atoms with Crippen LogP contribution in [0.2, 0.25) is 0 Å². The Morgan fingerprint density at radius 1 is 1.12 bits per heavy atom. The van der Waals surface area contributed by atoms with Crippen LogP contribution in [-0.4, -0.2) is 84.1 Å². The number of anilines is 2. The van der Waals surface area contributed by atoms with E-state index in [9.17, 15) is 10.1 Å². The van der Waals surface area contributed by atoms with E-state index < -0.39 is 0 Å². The van der Waals surface area contributed by atoms with E-state index in [0.717, 1.165) is 42.9 Å². The Morgan fingerprint density at radius 2 is 1.93 bits per heavy atom. The molecule has 2 fully saturated rings. The smallest absolute Gasteiger partial charge is 0.318 e. The van der Waals surface area contributed by atoms with Crippen LogP contribution >= 0.6 is 0 Å². The van der Waals surface area contributed by atoms with Gasteiger partial charge in [0, 0.05) is 61.7 Å². The average Bonchev–Trinajstić information content (AvgIpc) is 2.97. The molecule has 9 heteroatoms. The normalized spacial score (nSPS) is 22.2. The van der Waals surface area contributed by atoms with E-state index in [-0.39, 0.29) is 24.5 Å². The Hall–Kier alpha value is -4.16. The maximum Gasteiger partial charge on any atom is 0.318 e. The minimum Gasteiger partial charge on any atom is -0.460 e. The van der Waals surface area contributed by atoms with Gasteiger partial charge >= 0.3 is 6.01 Å². The van der Waals surface area contributed by atoms with E-state index >= 15 is 0 Å². The topological polar surface area (TPSA) is 88.8 Å². The predicted octanol–water partition coefficient (Wildman–Crippen LogP) is 3.78. The quantitative estimate of drug-likeness (QED) is 0.410. The molecule has 3 aromatic rings. The number of fused-ring (bicyclic) bond motifs is 2. The van der Waals surface area contributed by atoms with E-state index in [1.54, 1.807) is 4.90 Å². The van der Waals surface area contributed by atoms with Crippen molar-refractivity contribution in [3.63, 3.8) is 0 Å². The lowest BCUT2D eigenvalue weighted by atomic mass is 9.88. The molecular weight excluding hydrogens is 514 g/mol. The zero-order valence-electron chi connectivity index (χ0n) is 23.9. The summed E-state index contributed by atoms with van der Waals surface area (Å²) in [6.45, 7) is 6.85. The number of piperazine rings is 1. The van der Waals surface area contributed by atoms with Gasteiger partial charge in [-0.05, 0) is 38.0 Å². The first-order chi connectivity index (χ1) is 19.9. The van der Waals surface area contributed by atoms with Crippen molar-refractivity contribution >= 4 is 28.2 Å². The fraction of sp³-hybridized carbons (Fsp3) is 0.438. The third kappa shape index (κ3) is 5.32. The highest BCUT2D eigenvalue weighted by Gasteiger charge is 2.36. The van der Waals surface area contributed by atoms with Crippen molar-refractivity contribution in [2.24, 2.45) is 0 Å². The Kier molecular flexibility index (Phi) is 7.50. The number of benzene rings is 2. The fourth-order valence-electron chi connectivity index (χ4n) is 6.33. The first-order valence-corrected chi connectivity index (χ1v) is 14.5. The highest BCUT2D eigenvalue weighted by atomic mass is 16.5. The fourth-order valence-corrected chi connectivity index (χ4v) is 6.33. The Labute approximate surface area is 241 Å². The van der Waals surface area contributed by atoms with Crippen molar-refractivity contribution in [2.75, 3.05) is 50.1 Å². The molecule has 41 heavy (non-hydrogen) atoms. The summed E-state index contributed by atoms with van der Waals surface area (Å²) in [5, 5.41) is 12.0. The Balaban J connectivity index is 1.32. The van der Waals surface area contributed by atoms with Crippen molar-refractivity contribution in [3.8, 4) is 12.1 Å². The number of nitrogens with zero attached hydrogens (tertiary/aromatic N) is 7.